The molecule has 0 heterocycles. The Labute approximate surface area is 177 Å². The van der Waals surface area contributed by atoms with Crippen LogP contribution in [0.2, 0.25) is 5.02 Å². The van der Waals surface area contributed by atoms with Gasteiger partial charge in [0.1, 0.15) is 5.75 Å². The highest BCUT2D eigenvalue weighted by molar-refractivity contribution is 7.89. The van der Waals surface area contributed by atoms with Crippen LogP contribution < -0.4 is 14.8 Å². The van der Waals surface area contributed by atoms with Crippen molar-refractivity contribution in [1.29, 1.82) is 0 Å². The molecular formula is C21H27ClN2O4S. The molecule has 2 aromatic carbocycles. The maximum absolute atomic E-state index is 12.3. The van der Waals surface area contributed by atoms with Crippen LogP contribution >= 0.6 is 11.6 Å². The van der Waals surface area contributed by atoms with Gasteiger partial charge < -0.3 is 10.1 Å². The molecule has 0 spiro atoms. The predicted molar refractivity (Wildman–Crippen MR) is 115 cm³/mol. The van der Waals surface area contributed by atoms with Gasteiger partial charge in [0.25, 0.3) is 5.91 Å². The first-order valence-electron chi connectivity index (χ1n) is 9.36. The van der Waals surface area contributed by atoms with Gasteiger partial charge in [-0.2, -0.15) is 0 Å². The van der Waals surface area contributed by atoms with E-state index in [2.05, 4.69) is 10.0 Å². The Bertz CT molecular complexity index is 944. The van der Waals surface area contributed by atoms with Gasteiger partial charge in [-0.25, -0.2) is 13.1 Å². The van der Waals surface area contributed by atoms with Crippen LogP contribution in [-0.4, -0.2) is 27.5 Å². The molecule has 0 aliphatic rings. The summed E-state index contributed by atoms with van der Waals surface area (Å²) in [6.45, 7) is 7.68. The number of benzene rings is 2. The van der Waals surface area contributed by atoms with Gasteiger partial charge in [-0.1, -0.05) is 37.6 Å². The Hall–Kier alpha value is -2.09. The van der Waals surface area contributed by atoms with Crippen molar-refractivity contribution in [1.82, 2.24) is 10.0 Å². The number of halogens is 1. The minimum atomic E-state index is -3.57. The average Bonchev–Trinajstić information content (AvgIpc) is 2.66. The van der Waals surface area contributed by atoms with E-state index in [-0.39, 0.29) is 29.4 Å². The molecule has 0 fully saturated rings. The molecule has 0 aliphatic heterocycles. The van der Waals surface area contributed by atoms with E-state index in [0.717, 1.165) is 5.56 Å². The normalized spacial score (nSPS) is 12.6. The number of rotatable bonds is 9. The van der Waals surface area contributed by atoms with Crippen LogP contribution in [0, 0.1) is 12.8 Å². The van der Waals surface area contributed by atoms with E-state index >= 15 is 0 Å². The molecule has 6 nitrogen and oxygen atoms in total. The molecule has 0 aromatic heterocycles. The highest BCUT2D eigenvalue weighted by atomic mass is 35.5. The van der Waals surface area contributed by atoms with Gasteiger partial charge in [-0.3, -0.25) is 4.79 Å². The van der Waals surface area contributed by atoms with Crippen molar-refractivity contribution in [3.8, 4) is 5.75 Å². The number of nitrogens with one attached hydrogen (secondary N) is 2. The summed E-state index contributed by atoms with van der Waals surface area (Å²) in [7, 11) is -3.57. The first-order chi connectivity index (χ1) is 13.6. The maximum atomic E-state index is 12.3. The lowest BCUT2D eigenvalue weighted by Gasteiger charge is -2.16. The van der Waals surface area contributed by atoms with Crippen molar-refractivity contribution in [2.24, 2.45) is 5.92 Å². The predicted octanol–water partition coefficient (Wildman–Crippen LogP) is 3.84. The zero-order chi connectivity index (χ0) is 21.6. The second-order valence-corrected chi connectivity index (χ2v) is 9.51. The standard InChI is InChI=1S/C21H27ClN2O4S/c1-14(2)12-23-29(26,27)19-9-10-20(15(3)11-19)28-13-21(25)24-16(4)17-5-7-18(22)8-6-17/h5-11,14,16,23H,12-13H2,1-4H3,(H,24,25)/t16-/m1/s1. The summed E-state index contributed by atoms with van der Waals surface area (Å²) in [6, 6.07) is 11.6. The summed E-state index contributed by atoms with van der Waals surface area (Å²) >= 11 is 5.88. The van der Waals surface area contributed by atoms with Crippen molar-refractivity contribution < 1.29 is 17.9 Å². The number of amides is 1. The lowest BCUT2D eigenvalue weighted by molar-refractivity contribution is -0.123. The molecule has 29 heavy (non-hydrogen) atoms. The molecule has 0 saturated heterocycles. The van der Waals surface area contributed by atoms with Crippen LogP contribution in [0.5, 0.6) is 5.75 Å². The fraction of sp³-hybridized carbons (Fsp3) is 0.381. The van der Waals surface area contributed by atoms with Crippen molar-refractivity contribution in [2.45, 2.75) is 38.6 Å². The van der Waals surface area contributed by atoms with Crippen molar-refractivity contribution >= 4 is 27.5 Å². The molecule has 2 aromatic rings. The fourth-order valence-electron chi connectivity index (χ4n) is 2.57. The summed E-state index contributed by atoms with van der Waals surface area (Å²) in [5.74, 6) is 0.395. The van der Waals surface area contributed by atoms with E-state index in [0.29, 0.717) is 22.9 Å². The maximum Gasteiger partial charge on any atom is 0.258 e. The topological polar surface area (TPSA) is 84.5 Å². The lowest BCUT2D eigenvalue weighted by atomic mass is 10.1. The van der Waals surface area contributed by atoms with Crippen molar-refractivity contribution in [2.75, 3.05) is 13.2 Å². The van der Waals surface area contributed by atoms with Gasteiger partial charge >= 0.3 is 0 Å². The van der Waals surface area contributed by atoms with E-state index < -0.39 is 10.0 Å². The van der Waals surface area contributed by atoms with Crippen molar-refractivity contribution in [3.63, 3.8) is 0 Å². The van der Waals surface area contributed by atoms with Gasteiger partial charge in [-0.05, 0) is 61.2 Å². The van der Waals surface area contributed by atoms with Gasteiger partial charge in [0.05, 0.1) is 10.9 Å². The molecular weight excluding hydrogens is 412 g/mol. The van der Waals surface area contributed by atoms with Gasteiger partial charge in [0.15, 0.2) is 6.61 Å². The van der Waals surface area contributed by atoms with E-state index in [1.165, 1.54) is 12.1 Å². The van der Waals surface area contributed by atoms with Gasteiger partial charge in [0.2, 0.25) is 10.0 Å². The summed E-state index contributed by atoms with van der Waals surface area (Å²) in [5.41, 5.74) is 1.57. The zero-order valence-electron chi connectivity index (χ0n) is 17.0. The highest BCUT2D eigenvalue weighted by Crippen LogP contribution is 2.22. The Morgan fingerprint density at radius 3 is 2.34 bits per heavy atom. The van der Waals surface area contributed by atoms with Crippen LogP contribution in [0.1, 0.15) is 37.9 Å². The molecule has 2 N–H and O–H groups in total. The van der Waals surface area contributed by atoms with Crippen LogP contribution in [0.25, 0.3) is 0 Å². The minimum Gasteiger partial charge on any atom is -0.484 e. The van der Waals surface area contributed by atoms with Gasteiger partial charge in [0, 0.05) is 11.6 Å². The Kier molecular flexibility index (Phi) is 8.07. The third kappa shape index (κ3) is 7.03. The minimum absolute atomic E-state index is 0.170. The Morgan fingerprint density at radius 2 is 1.76 bits per heavy atom. The molecule has 1 amide bonds. The lowest BCUT2D eigenvalue weighted by Crippen LogP contribution is -2.31. The number of carbonyl (C=O) groups excluding carboxylic acids is 1. The van der Waals surface area contributed by atoms with Crippen LogP contribution in [0.4, 0.5) is 0 Å². The number of carbonyl (C=O) groups is 1. The number of hydrogen-bond donors (Lipinski definition) is 2. The highest BCUT2D eigenvalue weighted by Gasteiger charge is 2.16. The second kappa shape index (κ2) is 10.1. The number of hydrogen-bond acceptors (Lipinski definition) is 4. The Morgan fingerprint density at radius 1 is 1.10 bits per heavy atom. The van der Waals surface area contributed by atoms with E-state index in [1.807, 2.05) is 32.9 Å². The third-order valence-corrected chi connectivity index (χ3v) is 5.92. The van der Waals surface area contributed by atoms with E-state index in [1.54, 1.807) is 25.1 Å². The second-order valence-electron chi connectivity index (χ2n) is 7.30. The SMILES string of the molecule is Cc1cc(S(=O)(=O)NCC(C)C)ccc1OCC(=O)N[C@H](C)c1ccc(Cl)cc1. The summed E-state index contributed by atoms with van der Waals surface area (Å²) in [5, 5.41) is 3.49. The smallest absolute Gasteiger partial charge is 0.258 e. The molecule has 1 atom stereocenters. The number of sulfonamides is 1. The Balaban J connectivity index is 1.95. The third-order valence-electron chi connectivity index (χ3n) is 4.24. The molecule has 0 radical (unpaired) electrons. The van der Waals surface area contributed by atoms with E-state index in [9.17, 15) is 13.2 Å². The molecule has 8 heteroatoms. The molecule has 0 aliphatic carbocycles. The quantitative estimate of drug-likeness (QED) is 0.623. The average molecular weight is 439 g/mol. The monoisotopic (exact) mass is 438 g/mol. The largest absolute Gasteiger partial charge is 0.484 e. The van der Waals surface area contributed by atoms with Crippen LogP contribution in [0.3, 0.4) is 0 Å². The molecule has 158 valence electrons. The first-order valence-corrected chi connectivity index (χ1v) is 11.2. The molecule has 0 bridgehead atoms. The molecule has 0 unspecified atom stereocenters. The molecule has 2 rings (SSSR count). The summed E-state index contributed by atoms with van der Waals surface area (Å²) in [4.78, 5) is 12.4. The van der Waals surface area contributed by atoms with Crippen LogP contribution in [0.15, 0.2) is 47.4 Å². The van der Waals surface area contributed by atoms with Gasteiger partial charge in [-0.15, -0.1) is 0 Å². The number of ether oxygens (including phenoxy) is 1. The first kappa shape index (κ1) is 23.2. The van der Waals surface area contributed by atoms with Crippen molar-refractivity contribution in [3.05, 3.63) is 58.6 Å². The summed E-state index contributed by atoms with van der Waals surface area (Å²) < 4.78 is 32.8. The number of aryl methyl sites for hydroxylation is 1. The van der Waals surface area contributed by atoms with Crippen LogP contribution in [-0.2, 0) is 14.8 Å². The molecule has 0 saturated carbocycles. The summed E-state index contributed by atoms with van der Waals surface area (Å²) in [6.07, 6.45) is 0. The zero-order valence-corrected chi connectivity index (χ0v) is 18.6. The van der Waals surface area contributed by atoms with E-state index in [4.69, 9.17) is 16.3 Å². The fourth-order valence-corrected chi connectivity index (χ4v) is 4.00.